The van der Waals surface area contributed by atoms with Crippen LogP contribution >= 0.6 is 0 Å². The van der Waals surface area contributed by atoms with Gasteiger partial charge in [-0.15, -0.1) is 0 Å². The summed E-state index contributed by atoms with van der Waals surface area (Å²) < 4.78 is 16.9. The number of hydrogen-bond donors (Lipinski definition) is 4. The highest BCUT2D eigenvalue weighted by molar-refractivity contribution is 5.80. The topological polar surface area (TPSA) is 130 Å². The van der Waals surface area contributed by atoms with Gasteiger partial charge in [-0.2, -0.15) is 0 Å². The van der Waals surface area contributed by atoms with Gasteiger partial charge in [-0.3, -0.25) is 9.69 Å². The zero-order valence-electron chi connectivity index (χ0n) is 28.8. The van der Waals surface area contributed by atoms with Crippen LogP contribution in [0.4, 0.5) is 4.79 Å². The van der Waals surface area contributed by atoms with Gasteiger partial charge in [-0.25, -0.2) is 4.79 Å². The predicted molar refractivity (Wildman–Crippen MR) is 187 cm³/mol. The number of nitrogens with one attached hydrogen (secondary N) is 2. The van der Waals surface area contributed by atoms with E-state index in [0.29, 0.717) is 25.9 Å². The van der Waals surface area contributed by atoms with E-state index in [-0.39, 0.29) is 12.3 Å². The first kappa shape index (κ1) is 36.3. The minimum absolute atomic E-state index is 0.0778. The molecule has 0 spiro atoms. The summed E-state index contributed by atoms with van der Waals surface area (Å²) in [7, 11) is 0. The Morgan fingerprint density at radius 1 is 0.939 bits per heavy atom. The van der Waals surface area contributed by atoms with Gasteiger partial charge in [0.15, 0.2) is 0 Å². The van der Waals surface area contributed by atoms with Crippen molar-refractivity contribution in [2.75, 3.05) is 39.5 Å². The summed E-state index contributed by atoms with van der Waals surface area (Å²) in [4.78, 5) is 29.2. The fourth-order valence-corrected chi connectivity index (χ4v) is 6.49. The number of aliphatic hydroxyl groups excluding tert-OH is 2. The normalized spacial score (nSPS) is 19.7. The average molecular weight is 674 g/mol. The molecule has 1 aliphatic carbocycles. The van der Waals surface area contributed by atoms with E-state index < -0.39 is 41.9 Å². The predicted octanol–water partition coefficient (Wildman–Crippen LogP) is 4.22. The fraction of sp³-hybridized carbons (Fsp3) is 0.487. The number of rotatable bonds is 14. The van der Waals surface area contributed by atoms with Crippen LogP contribution in [0.5, 0.6) is 5.75 Å². The van der Waals surface area contributed by atoms with E-state index in [0.717, 1.165) is 60.9 Å². The molecule has 2 aliphatic rings. The molecular formula is C39H51N3O7. The van der Waals surface area contributed by atoms with Crippen LogP contribution in [-0.2, 0) is 33.5 Å². The van der Waals surface area contributed by atoms with Crippen molar-refractivity contribution in [3.63, 3.8) is 0 Å². The molecule has 5 atom stereocenters. The van der Waals surface area contributed by atoms with E-state index in [4.69, 9.17) is 14.2 Å². The second-order valence-corrected chi connectivity index (χ2v) is 14.0. The molecule has 4 N–H and O–H groups in total. The lowest BCUT2D eigenvalue weighted by molar-refractivity contribution is -0.127. The quantitative estimate of drug-likeness (QED) is 0.200. The third kappa shape index (κ3) is 11.0. The molecule has 10 heteroatoms. The number of carbonyl (C=O) groups excluding carboxylic acids is 2. The van der Waals surface area contributed by atoms with Crippen LogP contribution in [0, 0.1) is 5.92 Å². The van der Waals surface area contributed by atoms with Gasteiger partial charge in [-0.05, 0) is 74.4 Å². The second-order valence-electron chi connectivity index (χ2n) is 14.0. The molecule has 10 nitrogen and oxygen atoms in total. The standard InChI is InChI=1S/C39H51N3O7/c1-39(2,3)49-38(46)40-33(24-28-13-15-31(16-14-28)48-22-19-42-17-20-47-21-18-42)34(43)26-30(23-27-9-5-4-6-10-27)37(45)41-36-32-12-8-7-11-29(32)25-35(36)44/h4-16,30,33-36,43-44H,17-26H2,1-3H3,(H,40,46)(H,41,45)/t30-,33+,34+,35-,36+/m1/s1. The number of carbonyl (C=O) groups is 2. The Bertz CT molecular complexity index is 1490. The first-order valence-corrected chi connectivity index (χ1v) is 17.3. The van der Waals surface area contributed by atoms with Gasteiger partial charge in [0.25, 0.3) is 0 Å². The number of alkyl carbamates (subject to hydrolysis) is 1. The maximum Gasteiger partial charge on any atom is 0.407 e. The van der Waals surface area contributed by atoms with Gasteiger partial charge in [0.2, 0.25) is 5.91 Å². The molecule has 0 saturated carbocycles. The molecule has 3 aromatic carbocycles. The highest BCUT2D eigenvalue weighted by Crippen LogP contribution is 2.32. The molecule has 0 unspecified atom stereocenters. The first-order chi connectivity index (χ1) is 23.5. The van der Waals surface area contributed by atoms with Gasteiger partial charge in [0, 0.05) is 32.0 Å². The van der Waals surface area contributed by atoms with Gasteiger partial charge in [0.1, 0.15) is 18.0 Å². The summed E-state index contributed by atoms with van der Waals surface area (Å²) >= 11 is 0. The average Bonchev–Trinajstić information content (AvgIpc) is 3.39. The summed E-state index contributed by atoms with van der Waals surface area (Å²) in [6.45, 7) is 10.0. The van der Waals surface area contributed by atoms with Crippen LogP contribution in [0.25, 0.3) is 0 Å². The van der Waals surface area contributed by atoms with Crippen molar-refractivity contribution in [2.45, 2.75) is 76.3 Å². The SMILES string of the molecule is CC(C)(C)OC(=O)N[C@@H](Cc1ccc(OCCN2CCOCC2)cc1)[C@@H](O)C[C@@H](Cc1ccccc1)C(=O)N[C@H]1c2ccccc2C[C@H]1O. The van der Waals surface area contributed by atoms with E-state index in [1.165, 1.54) is 0 Å². The van der Waals surface area contributed by atoms with Crippen molar-refractivity contribution in [1.82, 2.24) is 15.5 Å². The van der Waals surface area contributed by atoms with Gasteiger partial charge >= 0.3 is 6.09 Å². The van der Waals surface area contributed by atoms with Gasteiger partial charge in [0.05, 0.1) is 37.5 Å². The molecule has 1 saturated heterocycles. The Kier molecular flexibility index (Phi) is 12.7. The highest BCUT2D eigenvalue weighted by atomic mass is 16.6. The van der Waals surface area contributed by atoms with Crippen LogP contribution in [-0.4, -0.2) is 90.4 Å². The number of morpholine rings is 1. The van der Waals surface area contributed by atoms with Crippen molar-refractivity contribution >= 4 is 12.0 Å². The number of nitrogens with zero attached hydrogens (tertiary/aromatic N) is 1. The molecule has 5 rings (SSSR count). The molecule has 0 radical (unpaired) electrons. The largest absolute Gasteiger partial charge is 0.492 e. The van der Waals surface area contributed by atoms with Crippen LogP contribution in [0.1, 0.15) is 55.5 Å². The first-order valence-electron chi connectivity index (χ1n) is 17.3. The van der Waals surface area contributed by atoms with Gasteiger partial charge < -0.3 is 35.1 Å². The van der Waals surface area contributed by atoms with Gasteiger partial charge in [-0.1, -0.05) is 66.7 Å². The smallest absolute Gasteiger partial charge is 0.407 e. The van der Waals surface area contributed by atoms with Crippen LogP contribution in [0.15, 0.2) is 78.9 Å². The summed E-state index contributed by atoms with van der Waals surface area (Å²) in [6.07, 6.45) is -1.24. The van der Waals surface area contributed by atoms with E-state index in [1.807, 2.05) is 78.9 Å². The van der Waals surface area contributed by atoms with E-state index in [1.54, 1.807) is 20.8 Å². The van der Waals surface area contributed by atoms with E-state index in [2.05, 4.69) is 15.5 Å². The molecule has 1 aliphatic heterocycles. The van der Waals surface area contributed by atoms with Crippen molar-refractivity contribution < 1.29 is 34.0 Å². The Morgan fingerprint density at radius 3 is 2.33 bits per heavy atom. The number of amides is 2. The van der Waals surface area contributed by atoms with Crippen LogP contribution in [0.2, 0.25) is 0 Å². The third-order valence-electron chi connectivity index (χ3n) is 9.05. The minimum Gasteiger partial charge on any atom is -0.492 e. The summed E-state index contributed by atoms with van der Waals surface area (Å²) in [5.74, 6) is -0.162. The molecule has 1 fully saturated rings. The number of fused-ring (bicyclic) bond motifs is 1. The van der Waals surface area contributed by atoms with Crippen molar-refractivity contribution in [1.29, 1.82) is 0 Å². The Balaban J connectivity index is 1.29. The molecule has 0 aromatic heterocycles. The summed E-state index contributed by atoms with van der Waals surface area (Å²) in [5.41, 5.74) is 3.02. The monoisotopic (exact) mass is 673 g/mol. The Labute approximate surface area is 289 Å². The lowest BCUT2D eigenvalue weighted by Crippen LogP contribution is -2.48. The van der Waals surface area contributed by atoms with Crippen LogP contribution in [0.3, 0.4) is 0 Å². The summed E-state index contributed by atoms with van der Waals surface area (Å²) in [5, 5.41) is 28.5. The maximum absolute atomic E-state index is 13.9. The summed E-state index contributed by atoms with van der Waals surface area (Å²) in [6, 6.07) is 23.7. The lowest BCUT2D eigenvalue weighted by atomic mass is 9.88. The Morgan fingerprint density at radius 2 is 1.61 bits per heavy atom. The van der Waals surface area contributed by atoms with E-state index >= 15 is 0 Å². The van der Waals surface area contributed by atoms with Crippen molar-refractivity contribution in [2.24, 2.45) is 5.92 Å². The molecule has 49 heavy (non-hydrogen) atoms. The number of ether oxygens (including phenoxy) is 3. The fourth-order valence-electron chi connectivity index (χ4n) is 6.49. The molecular weight excluding hydrogens is 622 g/mol. The zero-order chi connectivity index (χ0) is 34.8. The molecule has 3 aromatic rings. The lowest BCUT2D eigenvalue weighted by Gasteiger charge is -2.30. The third-order valence-corrected chi connectivity index (χ3v) is 9.05. The molecule has 1 heterocycles. The molecule has 2 amide bonds. The minimum atomic E-state index is -1.09. The van der Waals surface area contributed by atoms with Crippen molar-refractivity contribution in [3.8, 4) is 5.75 Å². The number of benzene rings is 3. The van der Waals surface area contributed by atoms with E-state index in [9.17, 15) is 19.8 Å². The second kappa shape index (κ2) is 17.1. The zero-order valence-corrected chi connectivity index (χ0v) is 28.8. The number of hydrogen-bond acceptors (Lipinski definition) is 8. The highest BCUT2D eigenvalue weighted by Gasteiger charge is 2.35. The molecule has 0 bridgehead atoms. The number of aliphatic hydroxyl groups is 2. The Hall–Kier alpha value is -3.96. The van der Waals surface area contributed by atoms with Crippen molar-refractivity contribution in [3.05, 3.63) is 101 Å². The van der Waals surface area contributed by atoms with Crippen LogP contribution < -0.4 is 15.4 Å². The molecule has 264 valence electrons. The maximum atomic E-state index is 13.9.